The van der Waals surface area contributed by atoms with E-state index >= 15 is 0 Å². The standard InChI is InChI=1S/C16H26N4S/c1-7-8-17-11(2)13-10-21-15(18-13)12-9-20(6)19-14(12)16(3,4)5/h9-11,17H,7-8H2,1-6H3. The van der Waals surface area contributed by atoms with E-state index in [4.69, 9.17) is 4.98 Å². The first kappa shape index (κ1) is 16.2. The van der Waals surface area contributed by atoms with E-state index in [0.29, 0.717) is 6.04 Å². The number of nitrogens with one attached hydrogen (secondary N) is 1. The summed E-state index contributed by atoms with van der Waals surface area (Å²) in [5, 5.41) is 11.3. The highest BCUT2D eigenvalue weighted by Crippen LogP contribution is 2.34. The molecule has 2 aromatic heterocycles. The number of aromatic nitrogens is 3. The zero-order valence-electron chi connectivity index (χ0n) is 13.9. The van der Waals surface area contributed by atoms with Crippen LogP contribution in [0.25, 0.3) is 10.6 Å². The Kier molecular flexibility index (Phi) is 4.84. The first-order valence-electron chi connectivity index (χ1n) is 7.56. The van der Waals surface area contributed by atoms with Gasteiger partial charge in [0.25, 0.3) is 0 Å². The SMILES string of the molecule is CCCNC(C)c1csc(-c2cn(C)nc2C(C)(C)C)n1. The first-order valence-corrected chi connectivity index (χ1v) is 8.44. The van der Waals surface area contributed by atoms with E-state index in [1.54, 1.807) is 11.3 Å². The van der Waals surface area contributed by atoms with E-state index in [9.17, 15) is 0 Å². The van der Waals surface area contributed by atoms with E-state index in [0.717, 1.165) is 34.9 Å². The molecule has 1 atom stereocenters. The number of hydrogen-bond acceptors (Lipinski definition) is 4. The highest BCUT2D eigenvalue weighted by molar-refractivity contribution is 7.13. The Balaban J connectivity index is 2.30. The average molecular weight is 306 g/mol. The predicted octanol–water partition coefficient (Wildman–Crippen LogP) is 3.90. The van der Waals surface area contributed by atoms with Crippen LogP contribution in [-0.2, 0) is 12.5 Å². The van der Waals surface area contributed by atoms with Gasteiger partial charge in [0.1, 0.15) is 5.01 Å². The van der Waals surface area contributed by atoms with Crippen LogP contribution in [-0.4, -0.2) is 21.3 Å². The Morgan fingerprint density at radius 2 is 2.10 bits per heavy atom. The molecule has 1 unspecified atom stereocenters. The molecule has 5 heteroatoms. The predicted molar refractivity (Wildman–Crippen MR) is 89.7 cm³/mol. The molecular formula is C16H26N4S. The summed E-state index contributed by atoms with van der Waals surface area (Å²) in [5.74, 6) is 0. The molecule has 0 aliphatic carbocycles. The Labute approximate surface area is 131 Å². The van der Waals surface area contributed by atoms with Crippen molar-refractivity contribution in [3.05, 3.63) is 23.0 Å². The molecule has 0 aromatic carbocycles. The summed E-state index contributed by atoms with van der Waals surface area (Å²) in [6.07, 6.45) is 3.21. The topological polar surface area (TPSA) is 42.7 Å². The molecule has 2 heterocycles. The van der Waals surface area contributed by atoms with Crippen LogP contribution in [0.15, 0.2) is 11.6 Å². The number of thiazole rings is 1. The van der Waals surface area contributed by atoms with Gasteiger partial charge in [0.2, 0.25) is 0 Å². The van der Waals surface area contributed by atoms with Crippen LogP contribution in [0.3, 0.4) is 0 Å². The van der Waals surface area contributed by atoms with E-state index in [1.165, 1.54) is 0 Å². The maximum absolute atomic E-state index is 4.82. The lowest BCUT2D eigenvalue weighted by molar-refractivity contribution is 0.553. The van der Waals surface area contributed by atoms with Crippen LogP contribution in [0.4, 0.5) is 0 Å². The van der Waals surface area contributed by atoms with Crippen molar-refractivity contribution in [3.63, 3.8) is 0 Å². The van der Waals surface area contributed by atoms with E-state index in [2.05, 4.69) is 56.6 Å². The molecule has 0 radical (unpaired) electrons. The Morgan fingerprint density at radius 1 is 1.38 bits per heavy atom. The summed E-state index contributed by atoms with van der Waals surface area (Å²) >= 11 is 1.70. The lowest BCUT2D eigenvalue weighted by atomic mass is 9.90. The molecule has 0 amide bonds. The quantitative estimate of drug-likeness (QED) is 0.911. The normalized spacial score (nSPS) is 13.6. The van der Waals surface area contributed by atoms with Gasteiger partial charge in [-0.15, -0.1) is 11.3 Å². The van der Waals surface area contributed by atoms with Crippen LogP contribution in [0.5, 0.6) is 0 Å². The van der Waals surface area contributed by atoms with E-state index < -0.39 is 0 Å². The fraction of sp³-hybridized carbons (Fsp3) is 0.625. The Morgan fingerprint density at radius 3 is 2.71 bits per heavy atom. The van der Waals surface area contributed by atoms with Crippen molar-refractivity contribution in [1.29, 1.82) is 0 Å². The fourth-order valence-corrected chi connectivity index (χ4v) is 3.20. The highest BCUT2D eigenvalue weighted by atomic mass is 32.1. The van der Waals surface area contributed by atoms with Crippen molar-refractivity contribution in [1.82, 2.24) is 20.1 Å². The van der Waals surface area contributed by atoms with Gasteiger partial charge in [0, 0.05) is 30.1 Å². The molecule has 0 fully saturated rings. The average Bonchev–Trinajstić information content (AvgIpc) is 3.01. The first-order chi connectivity index (χ1) is 9.82. The van der Waals surface area contributed by atoms with Gasteiger partial charge in [0.05, 0.1) is 17.0 Å². The largest absolute Gasteiger partial charge is 0.309 e. The Hall–Kier alpha value is -1.20. The lowest BCUT2D eigenvalue weighted by Gasteiger charge is -2.16. The fourth-order valence-electron chi connectivity index (χ4n) is 2.27. The third-order valence-electron chi connectivity index (χ3n) is 3.44. The van der Waals surface area contributed by atoms with Crippen molar-refractivity contribution < 1.29 is 0 Å². The molecule has 2 rings (SSSR count). The summed E-state index contributed by atoms with van der Waals surface area (Å²) in [6.45, 7) is 11.9. The summed E-state index contributed by atoms with van der Waals surface area (Å²) in [7, 11) is 1.97. The maximum Gasteiger partial charge on any atom is 0.127 e. The number of nitrogens with zero attached hydrogens (tertiary/aromatic N) is 3. The van der Waals surface area contributed by atoms with Crippen LogP contribution in [0.1, 0.15) is 58.5 Å². The van der Waals surface area contributed by atoms with Crippen LogP contribution >= 0.6 is 11.3 Å². The summed E-state index contributed by atoms with van der Waals surface area (Å²) < 4.78 is 1.88. The minimum atomic E-state index is 0.0223. The van der Waals surface area contributed by atoms with Gasteiger partial charge in [-0.1, -0.05) is 27.7 Å². The van der Waals surface area contributed by atoms with Crippen LogP contribution in [0.2, 0.25) is 0 Å². The van der Waals surface area contributed by atoms with E-state index in [1.807, 2.05) is 11.7 Å². The highest BCUT2D eigenvalue weighted by Gasteiger charge is 2.24. The van der Waals surface area contributed by atoms with Crippen molar-refractivity contribution in [2.24, 2.45) is 7.05 Å². The van der Waals surface area contributed by atoms with Gasteiger partial charge in [-0.05, 0) is 19.9 Å². The number of hydrogen-bond donors (Lipinski definition) is 1. The summed E-state index contributed by atoms with van der Waals surface area (Å²) in [4.78, 5) is 4.82. The molecule has 4 nitrogen and oxygen atoms in total. The van der Waals surface area contributed by atoms with Gasteiger partial charge in [0.15, 0.2) is 0 Å². The van der Waals surface area contributed by atoms with Gasteiger partial charge < -0.3 is 5.32 Å². The van der Waals surface area contributed by atoms with E-state index in [-0.39, 0.29) is 5.41 Å². The summed E-state index contributed by atoms with van der Waals surface area (Å²) in [6, 6.07) is 0.296. The molecule has 0 saturated heterocycles. The molecular weight excluding hydrogens is 280 g/mol. The van der Waals surface area contributed by atoms with Gasteiger partial charge in [-0.25, -0.2) is 4.98 Å². The van der Waals surface area contributed by atoms with Gasteiger partial charge in [-0.2, -0.15) is 5.10 Å². The third kappa shape index (κ3) is 3.71. The third-order valence-corrected chi connectivity index (χ3v) is 4.33. The minimum absolute atomic E-state index is 0.0223. The second-order valence-corrected chi connectivity index (χ2v) is 7.43. The molecule has 0 aliphatic rings. The van der Waals surface area contributed by atoms with Crippen molar-refractivity contribution in [3.8, 4) is 10.6 Å². The molecule has 0 aliphatic heterocycles. The number of rotatable bonds is 5. The molecule has 116 valence electrons. The van der Waals surface area contributed by atoms with Gasteiger partial charge >= 0.3 is 0 Å². The van der Waals surface area contributed by atoms with Crippen molar-refractivity contribution in [2.75, 3.05) is 6.54 Å². The molecule has 0 spiro atoms. The second kappa shape index (κ2) is 6.28. The van der Waals surface area contributed by atoms with Crippen LogP contribution < -0.4 is 5.32 Å². The van der Waals surface area contributed by atoms with Crippen molar-refractivity contribution in [2.45, 2.75) is 52.5 Å². The Bertz CT molecular complexity index is 592. The van der Waals surface area contributed by atoms with Gasteiger partial charge in [-0.3, -0.25) is 4.68 Å². The molecule has 0 bridgehead atoms. The monoisotopic (exact) mass is 306 g/mol. The zero-order chi connectivity index (χ0) is 15.6. The molecule has 1 N–H and O–H groups in total. The second-order valence-electron chi connectivity index (χ2n) is 6.57. The molecule has 0 saturated carbocycles. The smallest absolute Gasteiger partial charge is 0.127 e. The zero-order valence-corrected chi connectivity index (χ0v) is 14.7. The summed E-state index contributed by atoms with van der Waals surface area (Å²) in [5.41, 5.74) is 3.41. The maximum atomic E-state index is 4.82. The lowest BCUT2D eigenvalue weighted by Crippen LogP contribution is -2.19. The van der Waals surface area contributed by atoms with Crippen LogP contribution in [0, 0.1) is 0 Å². The minimum Gasteiger partial charge on any atom is -0.309 e. The molecule has 21 heavy (non-hydrogen) atoms. The number of aryl methyl sites for hydroxylation is 1. The molecule has 2 aromatic rings. The van der Waals surface area contributed by atoms with Crippen molar-refractivity contribution >= 4 is 11.3 Å².